The molecule has 40 valence electrons. The first-order chi connectivity index (χ1) is 0. The van der Waals surface area contributed by atoms with Crippen molar-refractivity contribution in [1.29, 1.82) is 0 Å². The molecule has 0 radical (unpaired) electrons. The lowest BCUT2D eigenvalue weighted by Gasteiger charge is -0.198. The molecule has 0 N–H and O–H groups in total. The van der Waals surface area contributed by atoms with Gasteiger partial charge >= 0.3 is 0 Å². The van der Waals surface area contributed by atoms with E-state index in [1.165, 1.54) is 0 Å². The van der Waals surface area contributed by atoms with Crippen LogP contribution in [0.4, 0.5) is 0 Å². The molecule has 0 fully saturated rings. The van der Waals surface area contributed by atoms with Gasteiger partial charge in [0.15, 0.2) is 0 Å². The Morgan fingerprint density at radius 3 is 0.400 bits per heavy atom. The molecule has 0 rings (SSSR count). The lowest BCUT2D eigenvalue weighted by atomic mass is 28.1. The lowest BCUT2D eigenvalue weighted by Crippen LogP contribution is -0.381. The van der Waals surface area contributed by atoms with Crippen LogP contribution in [0.25, 0.3) is 0 Å². The van der Waals surface area contributed by atoms with Crippen molar-refractivity contribution >= 4 is 64.9 Å². The minimum atomic E-state index is 0. The Kier molecular flexibility index (Phi) is 731. The zero-order valence-corrected chi connectivity index (χ0v) is 6.00. The monoisotopic (exact) mass is 168 g/mol. The topological polar surface area (TPSA) is 0 Å². The van der Waals surface area contributed by atoms with Gasteiger partial charge in [-0.25, -0.2) is 0 Å². The van der Waals surface area contributed by atoms with Crippen LogP contribution in [-0.2, 0) is 0 Å². The molecular formula is H12S4Si. The molecular weight excluding hydrogens is 156 g/mol. The quantitative estimate of drug-likeness (QED) is 0.407. The standard InChI is InChI=1S/4H2S.H4Si/h4*1H2;1H4. The largest absolute Gasteiger partial charge is 0.197 e. The van der Waals surface area contributed by atoms with Crippen LogP contribution in [0.1, 0.15) is 0 Å². The molecule has 0 amide bonds. The zero-order chi connectivity index (χ0) is 0. The van der Waals surface area contributed by atoms with Crippen molar-refractivity contribution in [3.63, 3.8) is 0 Å². The molecule has 0 aromatic heterocycles. The van der Waals surface area contributed by atoms with Gasteiger partial charge in [0.1, 0.15) is 0 Å². The van der Waals surface area contributed by atoms with Crippen molar-refractivity contribution < 1.29 is 0 Å². The van der Waals surface area contributed by atoms with Crippen LogP contribution in [-0.4, -0.2) is 11.0 Å². The molecule has 0 aliphatic carbocycles. The molecule has 0 aliphatic rings. The average molecular weight is 168 g/mol. The van der Waals surface area contributed by atoms with E-state index in [0.717, 1.165) is 0 Å². The molecule has 0 nitrogen and oxygen atoms in total. The highest BCUT2D eigenvalue weighted by molar-refractivity contribution is 7.59. The number of hydrogen-bond acceptors (Lipinski definition) is 0. The summed E-state index contributed by atoms with van der Waals surface area (Å²) < 4.78 is 0. The third-order valence-corrected chi connectivity index (χ3v) is 0. The predicted molar refractivity (Wildman–Crippen MR) is 52.9 cm³/mol. The smallest absolute Gasteiger partial charge is 0.0149 e. The van der Waals surface area contributed by atoms with Gasteiger partial charge in [-0.15, -0.1) is 0 Å². The van der Waals surface area contributed by atoms with Gasteiger partial charge in [0.25, 0.3) is 0 Å². The van der Waals surface area contributed by atoms with Gasteiger partial charge in [0.05, 0.1) is 0 Å². The van der Waals surface area contributed by atoms with Crippen LogP contribution in [0.3, 0.4) is 0 Å². The highest BCUT2D eigenvalue weighted by Crippen LogP contribution is 0.651. The Hall–Kier alpha value is 1.62. The van der Waals surface area contributed by atoms with Crippen molar-refractivity contribution in [2.24, 2.45) is 0 Å². The Balaban J connectivity index is 0. The molecule has 0 spiro atoms. The molecule has 0 atom stereocenters. The molecule has 0 aromatic carbocycles. The summed E-state index contributed by atoms with van der Waals surface area (Å²) >= 11 is 0. The van der Waals surface area contributed by atoms with E-state index in [9.17, 15) is 0 Å². The first kappa shape index (κ1) is 79.9. The minimum absolute atomic E-state index is 0. The average Bonchev–Trinajstić information content (AvgIpc) is 0. The summed E-state index contributed by atoms with van der Waals surface area (Å²) in [5.41, 5.74) is 0. The van der Waals surface area contributed by atoms with Crippen LogP contribution >= 0.6 is 54.0 Å². The fourth-order valence-electron chi connectivity index (χ4n) is 0. The fraction of sp³-hybridized carbons (Fsp3) is 0. The Morgan fingerprint density at radius 1 is 0.400 bits per heavy atom. The zero-order valence-electron chi connectivity index (χ0n) is 2.00. The maximum Gasteiger partial charge on any atom is -0.0149 e. The van der Waals surface area contributed by atoms with Crippen LogP contribution in [0, 0.1) is 0 Å². The van der Waals surface area contributed by atoms with E-state index in [0.29, 0.717) is 0 Å². The van der Waals surface area contributed by atoms with Gasteiger partial charge in [0, 0.05) is 0 Å². The second-order valence-corrected chi connectivity index (χ2v) is 0. The van der Waals surface area contributed by atoms with Gasteiger partial charge in [-0.05, 0) is 11.0 Å². The molecule has 0 unspecified atom stereocenters. The summed E-state index contributed by atoms with van der Waals surface area (Å²) in [6, 6.07) is 0. The maximum absolute atomic E-state index is 0. The maximum atomic E-state index is 0. The first-order valence-corrected chi connectivity index (χ1v) is 0. The van der Waals surface area contributed by atoms with E-state index in [2.05, 4.69) is 0 Å². The van der Waals surface area contributed by atoms with Crippen LogP contribution in [0.2, 0.25) is 0 Å². The van der Waals surface area contributed by atoms with Crippen molar-refractivity contribution in [1.82, 2.24) is 0 Å². The number of rotatable bonds is 0. The van der Waals surface area contributed by atoms with Gasteiger partial charge in [0.2, 0.25) is 0 Å². The van der Waals surface area contributed by atoms with E-state index >= 15 is 0 Å². The predicted octanol–water partition coefficient (Wildman–Crippen LogP) is -1.00. The van der Waals surface area contributed by atoms with E-state index < -0.39 is 0 Å². The third kappa shape index (κ3) is 28.1. The second kappa shape index (κ2) is 45.8. The highest BCUT2D eigenvalue weighted by Gasteiger charge is -0.0148. The summed E-state index contributed by atoms with van der Waals surface area (Å²) in [4.78, 5) is 0. The molecule has 0 bridgehead atoms. The molecule has 0 saturated heterocycles. The molecule has 0 aromatic rings. The Labute approximate surface area is 64.9 Å². The van der Waals surface area contributed by atoms with E-state index in [4.69, 9.17) is 0 Å². The van der Waals surface area contributed by atoms with Crippen molar-refractivity contribution in [2.75, 3.05) is 0 Å². The second-order valence-electron chi connectivity index (χ2n) is 0. The molecule has 5 heavy (non-hydrogen) atoms. The van der Waals surface area contributed by atoms with Crippen LogP contribution in [0.5, 0.6) is 0 Å². The molecule has 0 aliphatic heterocycles. The minimum Gasteiger partial charge on any atom is -0.197 e. The molecule has 0 heterocycles. The van der Waals surface area contributed by atoms with Crippen molar-refractivity contribution in [2.45, 2.75) is 0 Å². The van der Waals surface area contributed by atoms with Gasteiger partial charge in [-0.1, -0.05) is 0 Å². The lowest BCUT2D eigenvalue weighted by molar-refractivity contribution is 5.75. The van der Waals surface area contributed by atoms with Gasteiger partial charge in [-0.2, -0.15) is 54.0 Å². The van der Waals surface area contributed by atoms with E-state index in [-0.39, 0.29) is 64.9 Å². The summed E-state index contributed by atoms with van der Waals surface area (Å²) in [7, 11) is 0. The van der Waals surface area contributed by atoms with Gasteiger partial charge < -0.3 is 0 Å². The summed E-state index contributed by atoms with van der Waals surface area (Å²) in [6.45, 7) is 0. The van der Waals surface area contributed by atoms with Crippen molar-refractivity contribution in [3.8, 4) is 0 Å². The fourth-order valence-corrected chi connectivity index (χ4v) is 0. The molecule has 0 saturated carbocycles. The summed E-state index contributed by atoms with van der Waals surface area (Å²) in [5, 5.41) is 0. The highest BCUT2D eigenvalue weighted by atomic mass is 32.1. The van der Waals surface area contributed by atoms with Crippen LogP contribution in [0.15, 0.2) is 0 Å². The first-order valence-electron chi connectivity index (χ1n) is 0. The summed E-state index contributed by atoms with van der Waals surface area (Å²) in [5.74, 6) is 0. The van der Waals surface area contributed by atoms with Crippen LogP contribution < -0.4 is 0 Å². The van der Waals surface area contributed by atoms with E-state index in [1.807, 2.05) is 0 Å². The SMILES string of the molecule is S.S.S.S.[SiH4]. The number of hydrogen-bond donors (Lipinski definition) is 0. The Morgan fingerprint density at radius 2 is 0.400 bits per heavy atom. The third-order valence-electron chi connectivity index (χ3n) is 0. The normalized spacial score (nSPS) is 0. The van der Waals surface area contributed by atoms with Gasteiger partial charge in [-0.3, -0.25) is 0 Å². The molecule has 5 heteroatoms. The van der Waals surface area contributed by atoms with E-state index in [1.54, 1.807) is 0 Å². The summed E-state index contributed by atoms with van der Waals surface area (Å²) in [6.07, 6.45) is 0. The van der Waals surface area contributed by atoms with Crippen molar-refractivity contribution in [3.05, 3.63) is 0 Å². The Bertz CT molecular complexity index is 3.61.